The lowest BCUT2D eigenvalue weighted by atomic mass is 9.99. The summed E-state index contributed by atoms with van der Waals surface area (Å²) in [4.78, 5) is 10.3. The van der Waals surface area contributed by atoms with E-state index in [0.717, 1.165) is 0 Å². The summed E-state index contributed by atoms with van der Waals surface area (Å²) in [6.45, 7) is 2.31. The Bertz CT molecular complexity index is 138. The molecule has 0 aliphatic heterocycles. The van der Waals surface area contributed by atoms with E-state index in [1.807, 2.05) is 6.92 Å². The number of rotatable bonds is 6. The number of carboxylic acid groups (broad SMARTS) is 1. The van der Waals surface area contributed by atoms with E-state index in [4.69, 9.17) is 15.6 Å². The molecule has 0 aromatic rings. The second-order valence-electron chi connectivity index (χ2n) is 2.98. The minimum Gasteiger partial charge on any atom is -0.481 e. The third-order valence-electron chi connectivity index (χ3n) is 1.86. The van der Waals surface area contributed by atoms with Gasteiger partial charge in [-0.15, -0.1) is 0 Å². The molecule has 3 N–H and O–H groups in total. The van der Waals surface area contributed by atoms with E-state index in [1.165, 1.54) is 0 Å². The molecular formula is C8H17NO3. The van der Waals surface area contributed by atoms with Gasteiger partial charge in [0.05, 0.1) is 6.10 Å². The van der Waals surface area contributed by atoms with E-state index in [2.05, 4.69) is 0 Å². The summed E-state index contributed by atoms with van der Waals surface area (Å²) in [5, 5.41) is 8.50. The Hall–Kier alpha value is -0.610. The van der Waals surface area contributed by atoms with Crippen LogP contribution in [0, 0.1) is 5.92 Å². The third-order valence-corrected chi connectivity index (χ3v) is 1.86. The molecule has 12 heavy (non-hydrogen) atoms. The first kappa shape index (κ1) is 11.4. The molecule has 0 aliphatic rings. The van der Waals surface area contributed by atoms with Crippen LogP contribution < -0.4 is 5.73 Å². The van der Waals surface area contributed by atoms with Crippen molar-refractivity contribution in [2.45, 2.75) is 25.9 Å². The van der Waals surface area contributed by atoms with Crippen LogP contribution in [0.4, 0.5) is 0 Å². The summed E-state index contributed by atoms with van der Waals surface area (Å²) in [5.74, 6) is -0.772. The minimum absolute atomic E-state index is 0.0254. The standard InChI is InChI=1S/C8H17NO3/c1-6(12-2)3-7(5-9)4-8(10)11/h6-7H,3-5,9H2,1-2H3,(H,10,11)/t6-,7?/m0/s1. The van der Waals surface area contributed by atoms with Crippen molar-refractivity contribution in [2.24, 2.45) is 11.7 Å². The number of nitrogens with two attached hydrogens (primary N) is 1. The van der Waals surface area contributed by atoms with Crippen LogP contribution in [-0.2, 0) is 9.53 Å². The van der Waals surface area contributed by atoms with Gasteiger partial charge in [-0.05, 0) is 25.8 Å². The Morgan fingerprint density at radius 2 is 2.25 bits per heavy atom. The van der Waals surface area contributed by atoms with Gasteiger partial charge in [-0.3, -0.25) is 4.79 Å². The molecule has 0 aliphatic carbocycles. The summed E-state index contributed by atoms with van der Waals surface area (Å²) in [5.41, 5.74) is 5.41. The molecule has 0 saturated heterocycles. The van der Waals surface area contributed by atoms with Crippen LogP contribution in [0.1, 0.15) is 19.8 Å². The predicted octanol–water partition coefficient (Wildman–Crippen LogP) is 0.461. The average molecular weight is 175 g/mol. The van der Waals surface area contributed by atoms with Crippen LogP contribution >= 0.6 is 0 Å². The topological polar surface area (TPSA) is 72.5 Å². The van der Waals surface area contributed by atoms with Crippen molar-refractivity contribution in [3.63, 3.8) is 0 Å². The zero-order chi connectivity index (χ0) is 9.56. The number of hydrogen-bond acceptors (Lipinski definition) is 3. The third kappa shape index (κ3) is 5.09. The van der Waals surface area contributed by atoms with Crippen LogP contribution in [0.2, 0.25) is 0 Å². The highest BCUT2D eigenvalue weighted by Crippen LogP contribution is 2.11. The fourth-order valence-electron chi connectivity index (χ4n) is 1.08. The van der Waals surface area contributed by atoms with Gasteiger partial charge in [-0.25, -0.2) is 0 Å². The largest absolute Gasteiger partial charge is 0.481 e. The monoisotopic (exact) mass is 175 g/mol. The van der Waals surface area contributed by atoms with Crippen molar-refractivity contribution in [2.75, 3.05) is 13.7 Å². The molecule has 2 atom stereocenters. The average Bonchev–Trinajstić information content (AvgIpc) is 2.02. The Morgan fingerprint density at radius 1 is 1.67 bits per heavy atom. The second kappa shape index (κ2) is 5.97. The number of methoxy groups -OCH3 is 1. The Balaban J connectivity index is 3.74. The summed E-state index contributed by atoms with van der Waals surface area (Å²) in [6, 6.07) is 0. The first-order valence-electron chi connectivity index (χ1n) is 4.04. The van der Waals surface area contributed by atoms with Gasteiger partial charge in [0.25, 0.3) is 0 Å². The van der Waals surface area contributed by atoms with E-state index < -0.39 is 5.97 Å². The molecule has 0 aromatic carbocycles. The molecule has 72 valence electrons. The maximum Gasteiger partial charge on any atom is 0.303 e. The Kier molecular flexibility index (Phi) is 5.66. The minimum atomic E-state index is -0.797. The summed E-state index contributed by atoms with van der Waals surface area (Å²) < 4.78 is 5.02. The molecule has 0 rings (SSSR count). The van der Waals surface area contributed by atoms with Crippen molar-refractivity contribution in [3.05, 3.63) is 0 Å². The van der Waals surface area contributed by atoms with Gasteiger partial charge >= 0.3 is 5.97 Å². The van der Waals surface area contributed by atoms with Gasteiger partial charge in [0.15, 0.2) is 0 Å². The molecule has 1 unspecified atom stereocenters. The molecule has 0 fully saturated rings. The van der Waals surface area contributed by atoms with Crippen LogP contribution in [0.3, 0.4) is 0 Å². The smallest absolute Gasteiger partial charge is 0.303 e. The van der Waals surface area contributed by atoms with Crippen LogP contribution in [0.5, 0.6) is 0 Å². The van der Waals surface area contributed by atoms with Gasteiger partial charge in [-0.2, -0.15) is 0 Å². The molecule has 0 aromatic heterocycles. The van der Waals surface area contributed by atoms with E-state index in [0.29, 0.717) is 13.0 Å². The first-order chi connectivity index (χ1) is 5.60. The number of ether oxygens (including phenoxy) is 1. The van der Waals surface area contributed by atoms with E-state index in [-0.39, 0.29) is 18.4 Å². The van der Waals surface area contributed by atoms with Gasteiger partial charge in [-0.1, -0.05) is 0 Å². The van der Waals surface area contributed by atoms with Crippen molar-refractivity contribution in [1.82, 2.24) is 0 Å². The number of carbonyl (C=O) groups is 1. The number of carboxylic acids is 1. The Labute approximate surface area is 72.7 Å². The summed E-state index contributed by atoms with van der Waals surface area (Å²) in [6.07, 6.45) is 0.918. The number of aliphatic carboxylic acids is 1. The normalized spacial score (nSPS) is 15.6. The SMILES string of the molecule is CO[C@@H](C)CC(CN)CC(=O)O. The predicted molar refractivity (Wildman–Crippen MR) is 45.9 cm³/mol. The highest BCUT2D eigenvalue weighted by atomic mass is 16.5. The van der Waals surface area contributed by atoms with Crippen LogP contribution in [-0.4, -0.2) is 30.8 Å². The molecule has 0 amide bonds. The Morgan fingerprint density at radius 3 is 2.58 bits per heavy atom. The maximum absolute atomic E-state index is 10.3. The molecule has 4 nitrogen and oxygen atoms in total. The fraction of sp³-hybridized carbons (Fsp3) is 0.875. The van der Waals surface area contributed by atoms with E-state index >= 15 is 0 Å². The van der Waals surface area contributed by atoms with Crippen molar-refractivity contribution in [3.8, 4) is 0 Å². The van der Waals surface area contributed by atoms with Gasteiger partial charge < -0.3 is 15.6 Å². The first-order valence-corrected chi connectivity index (χ1v) is 4.04. The van der Waals surface area contributed by atoms with Gasteiger partial charge in [0.2, 0.25) is 0 Å². The highest BCUT2D eigenvalue weighted by molar-refractivity contribution is 5.67. The van der Waals surface area contributed by atoms with Crippen molar-refractivity contribution in [1.29, 1.82) is 0 Å². The summed E-state index contributed by atoms with van der Waals surface area (Å²) in [7, 11) is 1.61. The number of hydrogen-bond donors (Lipinski definition) is 2. The van der Waals surface area contributed by atoms with Crippen LogP contribution in [0.15, 0.2) is 0 Å². The van der Waals surface area contributed by atoms with Crippen LogP contribution in [0.25, 0.3) is 0 Å². The lowest BCUT2D eigenvalue weighted by Crippen LogP contribution is -2.22. The maximum atomic E-state index is 10.3. The zero-order valence-corrected chi connectivity index (χ0v) is 7.62. The molecular weight excluding hydrogens is 158 g/mol. The lowest BCUT2D eigenvalue weighted by molar-refractivity contribution is -0.138. The second-order valence-corrected chi connectivity index (χ2v) is 2.98. The van der Waals surface area contributed by atoms with Gasteiger partial charge in [0.1, 0.15) is 0 Å². The van der Waals surface area contributed by atoms with E-state index in [9.17, 15) is 4.79 Å². The molecule has 4 heteroatoms. The zero-order valence-electron chi connectivity index (χ0n) is 7.62. The molecule has 0 heterocycles. The van der Waals surface area contributed by atoms with Gasteiger partial charge in [0, 0.05) is 13.5 Å². The summed E-state index contributed by atoms with van der Waals surface area (Å²) >= 11 is 0. The fourth-order valence-corrected chi connectivity index (χ4v) is 1.08. The highest BCUT2D eigenvalue weighted by Gasteiger charge is 2.14. The quantitative estimate of drug-likeness (QED) is 0.615. The van der Waals surface area contributed by atoms with E-state index in [1.54, 1.807) is 7.11 Å². The molecule has 0 saturated carbocycles. The lowest BCUT2D eigenvalue weighted by Gasteiger charge is -2.16. The van der Waals surface area contributed by atoms with Crippen molar-refractivity contribution >= 4 is 5.97 Å². The molecule has 0 spiro atoms. The molecule has 0 bridgehead atoms. The molecule has 0 radical (unpaired) electrons. The van der Waals surface area contributed by atoms with Crippen molar-refractivity contribution < 1.29 is 14.6 Å².